The quantitative estimate of drug-likeness (QED) is 0.349. The lowest BCUT2D eigenvalue weighted by Gasteiger charge is -2.10. The van der Waals surface area contributed by atoms with Crippen LogP contribution in [0.4, 0.5) is 29.3 Å². The van der Waals surface area contributed by atoms with Gasteiger partial charge >= 0.3 is 11.5 Å². The zero-order valence-corrected chi connectivity index (χ0v) is 17.5. The molecule has 0 aliphatic carbocycles. The zero-order valence-electron chi connectivity index (χ0n) is 16.7. The lowest BCUT2D eigenvalue weighted by atomic mass is 10.3. The van der Waals surface area contributed by atoms with Gasteiger partial charge in [-0.3, -0.25) is 0 Å². The van der Waals surface area contributed by atoms with Crippen molar-refractivity contribution in [1.82, 2.24) is 19.7 Å². The summed E-state index contributed by atoms with van der Waals surface area (Å²) in [6.07, 6.45) is 4.74. The first-order valence-electron chi connectivity index (χ1n) is 9.38. The van der Waals surface area contributed by atoms with Crippen LogP contribution in [0.5, 0.6) is 11.6 Å². The van der Waals surface area contributed by atoms with Gasteiger partial charge in [0.05, 0.1) is 0 Å². The molecule has 0 saturated carbocycles. The highest BCUT2D eigenvalue weighted by atomic mass is 32.2. The Morgan fingerprint density at radius 2 is 1.64 bits per heavy atom. The van der Waals surface area contributed by atoms with E-state index in [0.29, 0.717) is 28.8 Å². The van der Waals surface area contributed by atoms with Crippen LogP contribution < -0.4 is 15.4 Å². The number of anilines is 2. The van der Waals surface area contributed by atoms with Crippen molar-refractivity contribution < 1.29 is 22.7 Å². The van der Waals surface area contributed by atoms with Gasteiger partial charge in [0.25, 0.3) is 0 Å². The van der Waals surface area contributed by atoms with Gasteiger partial charge in [-0.1, -0.05) is 0 Å². The van der Waals surface area contributed by atoms with Gasteiger partial charge in [0.15, 0.2) is 5.82 Å². The number of hydrogen-bond acceptors (Lipinski definition) is 6. The average molecular weight is 472 g/mol. The zero-order chi connectivity index (χ0) is 23.3. The summed E-state index contributed by atoms with van der Waals surface area (Å²) in [5.41, 5.74) is -3.52. The number of alkyl halides is 3. The van der Waals surface area contributed by atoms with Crippen LogP contribution in [0.1, 0.15) is 0 Å². The molecule has 8 nitrogen and oxygen atoms in total. The first kappa shape index (κ1) is 22.1. The van der Waals surface area contributed by atoms with E-state index < -0.39 is 11.5 Å². The number of carbonyl (C=O) groups is 1. The molecule has 2 amide bonds. The minimum absolute atomic E-state index is 0.0319. The highest BCUT2D eigenvalue weighted by Gasteiger charge is 2.29. The number of nitrogens with one attached hydrogen (secondary N) is 2. The second kappa shape index (κ2) is 9.61. The molecule has 0 aliphatic rings. The molecule has 0 fully saturated rings. The molecule has 0 atom stereocenters. The number of carbonyl (C=O) groups excluding carboxylic acids is 1. The lowest BCUT2D eigenvalue weighted by Crippen LogP contribution is -2.19. The normalized spacial score (nSPS) is 11.1. The first-order valence-corrected chi connectivity index (χ1v) is 10.2. The highest BCUT2D eigenvalue weighted by Crippen LogP contribution is 2.37. The van der Waals surface area contributed by atoms with Gasteiger partial charge in [0.1, 0.15) is 12.1 Å². The summed E-state index contributed by atoms with van der Waals surface area (Å²) in [6, 6.07) is 14.8. The maximum absolute atomic E-state index is 12.4. The average Bonchev–Trinajstić information content (AvgIpc) is 3.31. The standard InChI is InChI=1S/C21H15F3N6O2S/c22-21(23,24)33-17-8-4-15(5-9-17)29-20(31)28-14-2-6-16(7-3-14)32-19-12-18(25-13-26-19)30-11-1-10-27-30/h1-13H,(H2,28,29,31). The molecule has 2 heterocycles. The van der Waals surface area contributed by atoms with Crippen LogP contribution in [0.15, 0.2) is 84.3 Å². The molecule has 2 aromatic heterocycles. The third kappa shape index (κ3) is 6.46. The molecule has 0 bridgehead atoms. The smallest absolute Gasteiger partial charge is 0.439 e. The van der Waals surface area contributed by atoms with E-state index in [2.05, 4.69) is 25.7 Å². The molecule has 12 heteroatoms. The summed E-state index contributed by atoms with van der Waals surface area (Å²) in [6.45, 7) is 0. The van der Waals surface area contributed by atoms with E-state index in [1.807, 2.05) is 0 Å². The van der Waals surface area contributed by atoms with E-state index in [1.54, 1.807) is 53.5 Å². The molecule has 0 spiro atoms. The molecule has 33 heavy (non-hydrogen) atoms. The summed E-state index contributed by atoms with van der Waals surface area (Å²) in [7, 11) is 0. The van der Waals surface area contributed by atoms with Crippen LogP contribution in [0.2, 0.25) is 0 Å². The van der Waals surface area contributed by atoms with Crippen LogP contribution in [0, 0.1) is 0 Å². The van der Waals surface area contributed by atoms with Crippen molar-refractivity contribution in [3.8, 4) is 17.4 Å². The van der Waals surface area contributed by atoms with Crippen molar-refractivity contribution in [1.29, 1.82) is 0 Å². The Balaban J connectivity index is 1.32. The van der Waals surface area contributed by atoms with Gasteiger partial charge < -0.3 is 15.4 Å². The number of ether oxygens (including phenoxy) is 1. The predicted molar refractivity (Wildman–Crippen MR) is 117 cm³/mol. The number of halogens is 3. The Kier molecular flexibility index (Phi) is 6.45. The van der Waals surface area contributed by atoms with Gasteiger partial charge in [-0.15, -0.1) is 0 Å². The van der Waals surface area contributed by atoms with Crippen LogP contribution >= 0.6 is 11.8 Å². The molecular weight excluding hydrogens is 457 g/mol. The number of hydrogen-bond donors (Lipinski definition) is 2. The number of aromatic nitrogens is 4. The Morgan fingerprint density at radius 1 is 0.970 bits per heavy atom. The second-order valence-corrected chi connectivity index (χ2v) is 7.58. The van der Waals surface area contributed by atoms with Gasteiger partial charge in [-0.25, -0.2) is 19.4 Å². The fraction of sp³-hybridized carbons (Fsp3) is 0.0476. The molecule has 4 rings (SSSR count). The molecule has 0 radical (unpaired) electrons. The number of thioether (sulfide) groups is 1. The summed E-state index contributed by atoms with van der Waals surface area (Å²) in [4.78, 5) is 20.4. The van der Waals surface area contributed by atoms with E-state index >= 15 is 0 Å². The number of urea groups is 1. The fourth-order valence-corrected chi connectivity index (χ4v) is 3.22. The van der Waals surface area contributed by atoms with Gasteiger partial charge in [-0.2, -0.15) is 18.3 Å². The lowest BCUT2D eigenvalue weighted by molar-refractivity contribution is -0.0328. The maximum atomic E-state index is 12.4. The Morgan fingerprint density at radius 3 is 2.24 bits per heavy atom. The van der Waals surface area contributed by atoms with E-state index in [-0.39, 0.29) is 16.7 Å². The predicted octanol–water partition coefficient (Wildman–Crippen LogP) is 5.71. The van der Waals surface area contributed by atoms with Crippen molar-refractivity contribution in [3.05, 3.63) is 79.4 Å². The fourth-order valence-electron chi connectivity index (χ4n) is 2.68. The number of rotatable bonds is 6. The molecular formula is C21H15F3N6O2S. The van der Waals surface area contributed by atoms with Crippen LogP contribution in [-0.4, -0.2) is 31.3 Å². The van der Waals surface area contributed by atoms with E-state index in [9.17, 15) is 18.0 Å². The van der Waals surface area contributed by atoms with Crippen molar-refractivity contribution in [2.24, 2.45) is 0 Å². The van der Waals surface area contributed by atoms with E-state index in [1.165, 1.54) is 30.6 Å². The summed E-state index contributed by atoms with van der Waals surface area (Å²) in [5.74, 6) is 1.36. The summed E-state index contributed by atoms with van der Waals surface area (Å²) < 4.78 is 44.4. The van der Waals surface area contributed by atoms with Crippen LogP contribution in [0.25, 0.3) is 5.82 Å². The highest BCUT2D eigenvalue weighted by molar-refractivity contribution is 8.00. The molecule has 2 N–H and O–H groups in total. The molecule has 0 aliphatic heterocycles. The van der Waals surface area contributed by atoms with Gasteiger partial charge in [0, 0.05) is 34.7 Å². The number of amides is 2. The van der Waals surface area contributed by atoms with Crippen molar-refractivity contribution in [2.45, 2.75) is 10.4 Å². The third-order valence-electron chi connectivity index (χ3n) is 4.05. The molecule has 2 aromatic carbocycles. The topological polar surface area (TPSA) is 94.0 Å². The molecule has 168 valence electrons. The molecule has 0 saturated heterocycles. The van der Waals surface area contributed by atoms with Crippen LogP contribution in [0.3, 0.4) is 0 Å². The monoisotopic (exact) mass is 472 g/mol. The third-order valence-corrected chi connectivity index (χ3v) is 4.79. The first-order chi connectivity index (χ1) is 15.8. The van der Waals surface area contributed by atoms with Crippen LogP contribution in [-0.2, 0) is 0 Å². The van der Waals surface area contributed by atoms with Gasteiger partial charge in [0.2, 0.25) is 5.88 Å². The number of benzene rings is 2. The molecule has 0 unspecified atom stereocenters. The minimum Gasteiger partial charge on any atom is -0.439 e. The summed E-state index contributed by atoms with van der Waals surface area (Å²) >= 11 is -0.220. The van der Waals surface area contributed by atoms with Crippen molar-refractivity contribution in [3.63, 3.8) is 0 Å². The van der Waals surface area contributed by atoms with Crippen molar-refractivity contribution in [2.75, 3.05) is 10.6 Å². The minimum atomic E-state index is -4.36. The summed E-state index contributed by atoms with van der Waals surface area (Å²) in [5, 5.41) is 9.29. The van der Waals surface area contributed by atoms with E-state index in [4.69, 9.17) is 4.74 Å². The SMILES string of the molecule is O=C(Nc1ccc(Oc2cc(-n3cccn3)ncn2)cc1)Nc1ccc(SC(F)(F)F)cc1. The Labute approximate surface area is 189 Å². The van der Waals surface area contributed by atoms with Gasteiger partial charge in [-0.05, 0) is 66.4 Å². The van der Waals surface area contributed by atoms with Crippen molar-refractivity contribution >= 4 is 29.2 Å². The van der Waals surface area contributed by atoms with E-state index in [0.717, 1.165) is 0 Å². The Hall–Kier alpha value is -4.06. The molecule has 4 aromatic rings. The maximum Gasteiger partial charge on any atom is 0.446 e. The largest absolute Gasteiger partial charge is 0.446 e. The Bertz CT molecular complexity index is 1220. The number of nitrogens with zero attached hydrogens (tertiary/aromatic N) is 4. The second-order valence-electron chi connectivity index (χ2n) is 6.44.